The van der Waals surface area contributed by atoms with Crippen molar-refractivity contribution in [1.82, 2.24) is 4.98 Å². The van der Waals surface area contributed by atoms with E-state index >= 15 is 0 Å². The number of nitrogens with zero attached hydrogens (tertiary/aromatic N) is 1. The van der Waals surface area contributed by atoms with Crippen LogP contribution in [0.3, 0.4) is 0 Å². The van der Waals surface area contributed by atoms with E-state index < -0.39 is 0 Å². The standard InChI is InChI=1S/C14H18N2O/c1-8(2)12-13(17-14(15)16-12)11-7-9(3)5-6-10(11)4/h5-8H,1-4H3,(H2,15,16). The number of oxazole rings is 1. The minimum Gasteiger partial charge on any atom is -0.423 e. The Morgan fingerprint density at radius 1 is 1.24 bits per heavy atom. The summed E-state index contributed by atoms with van der Waals surface area (Å²) in [6.45, 7) is 8.31. The van der Waals surface area contributed by atoms with Crippen LogP contribution in [0.2, 0.25) is 0 Å². The predicted molar refractivity (Wildman–Crippen MR) is 69.9 cm³/mol. The Labute approximate surface area is 102 Å². The zero-order valence-corrected chi connectivity index (χ0v) is 10.7. The monoisotopic (exact) mass is 230 g/mol. The van der Waals surface area contributed by atoms with E-state index in [2.05, 4.69) is 50.9 Å². The van der Waals surface area contributed by atoms with Crippen LogP contribution in [-0.4, -0.2) is 4.98 Å². The number of anilines is 1. The molecule has 90 valence electrons. The van der Waals surface area contributed by atoms with Crippen molar-refractivity contribution in [2.75, 3.05) is 5.73 Å². The molecule has 2 N–H and O–H groups in total. The van der Waals surface area contributed by atoms with Crippen LogP contribution >= 0.6 is 0 Å². The SMILES string of the molecule is Cc1ccc(C)c(-c2oc(N)nc2C(C)C)c1. The van der Waals surface area contributed by atoms with E-state index in [1.54, 1.807) is 0 Å². The van der Waals surface area contributed by atoms with Crippen LogP contribution in [0.5, 0.6) is 0 Å². The molecule has 0 atom stereocenters. The molecule has 0 fully saturated rings. The van der Waals surface area contributed by atoms with Gasteiger partial charge < -0.3 is 10.2 Å². The number of aromatic nitrogens is 1. The molecule has 1 aromatic carbocycles. The lowest BCUT2D eigenvalue weighted by atomic mass is 9.99. The molecule has 0 aliphatic carbocycles. The second kappa shape index (κ2) is 4.24. The lowest BCUT2D eigenvalue weighted by molar-refractivity contribution is 0.591. The summed E-state index contributed by atoms with van der Waals surface area (Å²) in [5.74, 6) is 1.10. The fourth-order valence-corrected chi connectivity index (χ4v) is 1.91. The first-order valence-corrected chi connectivity index (χ1v) is 5.83. The van der Waals surface area contributed by atoms with E-state index in [-0.39, 0.29) is 6.01 Å². The Hall–Kier alpha value is -1.77. The quantitative estimate of drug-likeness (QED) is 0.856. The number of nitrogens with two attached hydrogens (primary N) is 1. The molecule has 0 aliphatic rings. The van der Waals surface area contributed by atoms with Gasteiger partial charge in [-0.05, 0) is 31.4 Å². The maximum absolute atomic E-state index is 5.66. The minimum atomic E-state index is 0.240. The van der Waals surface area contributed by atoms with Gasteiger partial charge in [-0.2, -0.15) is 4.98 Å². The van der Waals surface area contributed by atoms with Gasteiger partial charge in [0.25, 0.3) is 6.01 Å². The normalized spacial score (nSPS) is 11.1. The number of hydrogen-bond acceptors (Lipinski definition) is 3. The summed E-state index contributed by atoms with van der Waals surface area (Å²) in [4.78, 5) is 4.27. The third-order valence-electron chi connectivity index (χ3n) is 2.85. The highest BCUT2D eigenvalue weighted by atomic mass is 16.4. The summed E-state index contributed by atoms with van der Waals surface area (Å²) in [6.07, 6.45) is 0. The van der Waals surface area contributed by atoms with Crippen molar-refractivity contribution in [3.8, 4) is 11.3 Å². The van der Waals surface area contributed by atoms with Crippen molar-refractivity contribution in [3.63, 3.8) is 0 Å². The number of aryl methyl sites for hydroxylation is 2. The molecule has 1 heterocycles. The highest BCUT2D eigenvalue weighted by molar-refractivity contribution is 5.66. The molecule has 0 bridgehead atoms. The van der Waals surface area contributed by atoms with Crippen molar-refractivity contribution in [3.05, 3.63) is 35.0 Å². The van der Waals surface area contributed by atoms with Gasteiger partial charge in [-0.15, -0.1) is 0 Å². The van der Waals surface area contributed by atoms with Gasteiger partial charge in [-0.1, -0.05) is 31.5 Å². The van der Waals surface area contributed by atoms with Crippen LogP contribution in [0.15, 0.2) is 22.6 Å². The molecule has 0 amide bonds. The van der Waals surface area contributed by atoms with Gasteiger partial charge in [0.05, 0.1) is 5.69 Å². The Bertz CT molecular complexity index is 541. The van der Waals surface area contributed by atoms with E-state index in [0.29, 0.717) is 5.92 Å². The molecule has 0 radical (unpaired) electrons. The van der Waals surface area contributed by atoms with Crippen LogP contribution in [0, 0.1) is 13.8 Å². The molecule has 0 aliphatic heterocycles. The van der Waals surface area contributed by atoms with Crippen molar-refractivity contribution in [1.29, 1.82) is 0 Å². The number of nitrogen functional groups attached to an aromatic ring is 1. The fraction of sp³-hybridized carbons (Fsp3) is 0.357. The van der Waals surface area contributed by atoms with E-state index in [1.807, 2.05) is 0 Å². The average molecular weight is 230 g/mol. The zero-order chi connectivity index (χ0) is 12.6. The van der Waals surface area contributed by atoms with Crippen LogP contribution in [-0.2, 0) is 0 Å². The van der Waals surface area contributed by atoms with Gasteiger partial charge in [0.1, 0.15) is 0 Å². The molecule has 0 spiro atoms. The van der Waals surface area contributed by atoms with E-state index in [0.717, 1.165) is 17.0 Å². The molecule has 17 heavy (non-hydrogen) atoms. The lowest BCUT2D eigenvalue weighted by Crippen LogP contribution is -1.93. The summed E-state index contributed by atoms with van der Waals surface area (Å²) in [6, 6.07) is 6.53. The number of hydrogen-bond donors (Lipinski definition) is 1. The maximum atomic E-state index is 5.66. The van der Waals surface area contributed by atoms with Gasteiger partial charge in [-0.25, -0.2) is 0 Å². The first-order valence-electron chi connectivity index (χ1n) is 5.83. The Morgan fingerprint density at radius 3 is 2.59 bits per heavy atom. The van der Waals surface area contributed by atoms with Crippen LogP contribution in [0.25, 0.3) is 11.3 Å². The second-order valence-corrected chi connectivity index (χ2v) is 4.74. The molecule has 3 nitrogen and oxygen atoms in total. The van der Waals surface area contributed by atoms with E-state index in [4.69, 9.17) is 10.2 Å². The first-order chi connectivity index (χ1) is 7.99. The molecule has 3 heteroatoms. The highest BCUT2D eigenvalue weighted by Gasteiger charge is 2.18. The van der Waals surface area contributed by atoms with E-state index in [9.17, 15) is 0 Å². The summed E-state index contributed by atoms with van der Waals surface area (Å²) >= 11 is 0. The van der Waals surface area contributed by atoms with Gasteiger partial charge >= 0.3 is 0 Å². The lowest BCUT2D eigenvalue weighted by Gasteiger charge is -2.07. The summed E-state index contributed by atoms with van der Waals surface area (Å²) in [5, 5.41) is 0. The highest BCUT2D eigenvalue weighted by Crippen LogP contribution is 2.33. The van der Waals surface area contributed by atoms with Crippen LogP contribution in [0.4, 0.5) is 6.01 Å². The van der Waals surface area contributed by atoms with Crippen molar-refractivity contribution in [2.45, 2.75) is 33.6 Å². The van der Waals surface area contributed by atoms with Crippen molar-refractivity contribution in [2.24, 2.45) is 0 Å². The van der Waals surface area contributed by atoms with Gasteiger partial charge in [0, 0.05) is 5.56 Å². The summed E-state index contributed by atoms with van der Waals surface area (Å²) in [7, 11) is 0. The van der Waals surface area contributed by atoms with Gasteiger partial charge in [-0.3, -0.25) is 0 Å². The zero-order valence-electron chi connectivity index (χ0n) is 10.7. The van der Waals surface area contributed by atoms with Crippen LogP contribution < -0.4 is 5.73 Å². The third-order valence-corrected chi connectivity index (χ3v) is 2.85. The van der Waals surface area contributed by atoms with Crippen molar-refractivity contribution >= 4 is 6.01 Å². The molecule has 1 aromatic heterocycles. The molecule has 0 unspecified atom stereocenters. The number of benzene rings is 1. The van der Waals surface area contributed by atoms with Crippen LogP contribution in [0.1, 0.15) is 36.6 Å². The minimum absolute atomic E-state index is 0.240. The Balaban J connectivity index is 2.63. The predicted octanol–water partition coefficient (Wildman–Crippen LogP) is 3.66. The smallest absolute Gasteiger partial charge is 0.292 e. The van der Waals surface area contributed by atoms with Gasteiger partial charge in [0.15, 0.2) is 5.76 Å². The summed E-state index contributed by atoms with van der Waals surface area (Å²) in [5.41, 5.74) is 10.1. The largest absolute Gasteiger partial charge is 0.423 e. The van der Waals surface area contributed by atoms with E-state index in [1.165, 1.54) is 11.1 Å². The Morgan fingerprint density at radius 2 is 1.94 bits per heavy atom. The average Bonchev–Trinajstić information content (AvgIpc) is 2.64. The molecule has 0 saturated heterocycles. The summed E-state index contributed by atoms with van der Waals surface area (Å²) < 4.78 is 5.56. The van der Waals surface area contributed by atoms with Crippen molar-refractivity contribution < 1.29 is 4.42 Å². The second-order valence-electron chi connectivity index (χ2n) is 4.74. The molecular weight excluding hydrogens is 212 g/mol. The molecule has 2 rings (SSSR count). The molecule has 2 aromatic rings. The fourth-order valence-electron chi connectivity index (χ4n) is 1.91. The van der Waals surface area contributed by atoms with Gasteiger partial charge in [0.2, 0.25) is 0 Å². The number of rotatable bonds is 2. The first kappa shape index (κ1) is 11.7. The molecule has 0 saturated carbocycles. The Kier molecular flexibility index (Phi) is 2.92. The topological polar surface area (TPSA) is 52.0 Å². The third kappa shape index (κ3) is 2.18. The molecular formula is C14H18N2O. The maximum Gasteiger partial charge on any atom is 0.292 e.